The quantitative estimate of drug-likeness (QED) is 0.700. The van der Waals surface area contributed by atoms with Crippen molar-refractivity contribution in [3.8, 4) is 0 Å². The largest absolute Gasteiger partial charge is 0.465 e. The van der Waals surface area contributed by atoms with Gasteiger partial charge in [-0.25, -0.2) is 9.80 Å². The molecule has 0 aliphatic carbocycles. The van der Waals surface area contributed by atoms with E-state index in [9.17, 15) is 14.7 Å². The maximum absolute atomic E-state index is 11.9. The Kier molecular flexibility index (Phi) is 6.84. The predicted molar refractivity (Wildman–Crippen MR) is 87.0 cm³/mol. The highest BCUT2D eigenvalue weighted by Crippen LogP contribution is 2.17. The number of carboxylic acid groups (broad SMARTS) is 1. The lowest BCUT2D eigenvalue weighted by Crippen LogP contribution is -2.40. The van der Waals surface area contributed by atoms with Crippen molar-refractivity contribution in [1.82, 2.24) is 9.91 Å². The molecule has 0 aromatic rings. The van der Waals surface area contributed by atoms with Crippen molar-refractivity contribution in [3.05, 3.63) is 0 Å². The molecule has 0 saturated carbocycles. The molecule has 126 valence electrons. The summed E-state index contributed by atoms with van der Waals surface area (Å²) in [5.41, 5.74) is 0.522. The van der Waals surface area contributed by atoms with Crippen molar-refractivity contribution in [2.24, 2.45) is 10.5 Å². The van der Waals surface area contributed by atoms with Crippen molar-refractivity contribution < 1.29 is 14.7 Å². The number of hydrazone groups is 1. The van der Waals surface area contributed by atoms with E-state index >= 15 is 0 Å². The lowest BCUT2D eigenvalue weighted by molar-refractivity contribution is -0.128. The van der Waals surface area contributed by atoms with Crippen LogP contribution in [0, 0.1) is 5.41 Å². The molecule has 0 atom stereocenters. The van der Waals surface area contributed by atoms with Gasteiger partial charge in [0.1, 0.15) is 0 Å². The van der Waals surface area contributed by atoms with Gasteiger partial charge >= 0.3 is 6.09 Å². The summed E-state index contributed by atoms with van der Waals surface area (Å²) in [5.74, 6) is -0.0207. The summed E-state index contributed by atoms with van der Waals surface area (Å²) in [7, 11) is 0. The Morgan fingerprint density at radius 3 is 2.55 bits per heavy atom. The van der Waals surface area contributed by atoms with Crippen molar-refractivity contribution in [2.45, 2.75) is 59.8 Å². The molecule has 0 spiro atoms. The lowest BCUT2D eigenvalue weighted by Gasteiger charge is -2.27. The van der Waals surface area contributed by atoms with E-state index < -0.39 is 6.09 Å². The normalized spacial score (nSPS) is 15.2. The molecular weight excluding hydrogens is 282 g/mol. The SMILES string of the molecule is CCCCCCN1N=C(CN(CC(C)(C)C)C(=O)O)CC1=O. The van der Waals surface area contributed by atoms with Gasteiger partial charge in [0.25, 0.3) is 0 Å². The van der Waals surface area contributed by atoms with Crippen LogP contribution in [0.1, 0.15) is 59.8 Å². The van der Waals surface area contributed by atoms with E-state index in [-0.39, 0.29) is 24.3 Å². The summed E-state index contributed by atoms with van der Waals surface area (Å²) in [5, 5.41) is 15.1. The van der Waals surface area contributed by atoms with Gasteiger partial charge in [0, 0.05) is 13.1 Å². The van der Waals surface area contributed by atoms with Crippen LogP contribution in [0.5, 0.6) is 0 Å². The predicted octanol–water partition coefficient (Wildman–Crippen LogP) is 3.18. The van der Waals surface area contributed by atoms with Gasteiger partial charge in [0.2, 0.25) is 5.91 Å². The Hall–Kier alpha value is -1.59. The minimum Gasteiger partial charge on any atom is -0.465 e. The van der Waals surface area contributed by atoms with Gasteiger partial charge in [-0.1, -0.05) is 47.0 Å². The fourth-order valence-corrected chi connectivity index (χ4v) is 2.46. The maximum atomic E-state index is 11.9. The standard InChI is InChI=1S/C16H29N3O3/c1-5-6-7-8-9-19-14(20)10-13(17-19)11-18(15(21)22)12-16(2,3)4/h5-12H2,1-4H3,(H,21,22). The lowest BCUT2D eigenvalue weighted by atomic mass is 9.96. The summed E-state index contributed by atoms with van der Waals surface area (Å²) in [6.07, 6.45) is 3.63. The number of unbranched alkanes of at least 4 members (excludes halogenated alkanes) is 3. The molecule has 2 amide bonds. The molecular formula is C16H29N3O3. The summed E-state index contributed by atoms with van der Waals surface area (Å²) >= 11 is 0. The average Bonchev–Trinajstić information content (AvgIpc) is 2.72. The molecule has 1 N–H and O–H groups in total. The first kappa shape index (κ1) is 18.5. The monoisotopic (exact) mass is 311 g/mol. The Labute approximate surface area is 133 Å². The van der Waals surface area contributed by atoms with E-state index in [1.165, 1.54) is 9.91 Å². The van der Waals surface area contributed by atoms with Crippen molar-refractivity contribution >= 4 is 17.7 Å². The highest BCUT2D eigenvalue weighted by molar-refractivity contribution is 6.06. The smallest absolute Gasteiger partial charge is 0.407 e. The Bertz CT molecular complexity index is 427. The summed E-state index contributed by atoms with van der Waals surface area (Å²) in [6, 6.07) is 0. The molecule has 1 heterocycles. The molecule has 0 saturated heterocycles. The van der Waals surface area contributed by atoms with Crippen LogP contribution in [0.15, 0.2) is 5.10 Å². The van der Waals surface area contributed by atoms with Crippen LogP contribution in [0.3, 0.4) is 0 Å². The zero-order chi connectivity index (χ0) is 16.8. The molecule has 6 nitrogen and oxygen atoms in total. The zero-order valence-corrected chi connectivity index (χ0v) is 14.3. The van der Waals surface area contributed by atoms with Crippen molar-refractivity contribution in [3.63, 3.8) is 0 Å². The van der Waals surface area contributed by atoms with E-state index in [1.54, 1.807) is 0 Å². The van der Waals surface area contributed by atoms with Gasteiger partial charge < -0.3 is 10.0 Å². The third-order valence-corrected chi connectivity index (χ3v) is 3.44. The van der Waals surface area contributed by atoms with Crippen LogP contribution >= 0.6 is 0 Å². The second kappa shape index (κ2) is 8.15. The highest BCUT2D eigenvalue weighted by Gasteiger charge is 2.28. The minimum absolute atomic E-state index is 0.0207. The summed E-state index contributed by atoms with van der Waals surface area (Å²) in [6.45, 7) is 9.39. The van der Waals surface area contributed by atoms with E-state index in [2.05, 4.69) is 12.0 Å². The van der Waals surface area contributed by atoms with Crippen LogP contribution in [0.2, 0.25) is 0 Å². The number of nitrogens with zero attached hydrogens (tertiary/aromatic N) is 3. The molecule has 22 heavy (non-hydrogen) atoms. The van der Waals surface area contributed by atoms with Crippen molar-refractivity contribution in [2.75, 3.05) is 19.6 Å². The fourth-order valence-electron chi connectivity index (χ4n) is 2.46. The molecule has 1 aliphatic heterocycles. The minimum atomic E-state index is -0.966. The molecule has 0 radical (unpaired) electrons. The number of hydrogen-bond donors (Lipinski definition) is 1. The molecule has 0 fully saturated rings. The number of carbonyl (C=O) groups excluding carboxylic acids is 1. The van der Waals surface area contributed by atoms with Crippen LogP contribution < -0.4 is 0 Å². The van der Waals surface area contributed by atoms with Crippen LogP contribution in [-0.4, -0.2) is 52.4 Å². The van der Waals surface area contributed by atoms with Crippen molar-refractivity contribution in [1.29, 1.82) is 0 Å². The van der Waals surface area contributed by atoms with Gasteiger partial charge in [0.15, 0.2) is 0 Å². The molecule has 0 aromatic carbocycles. The molecule has 1 rings (SSSR count). The summed E-state index contributed by atoms with van der Waals surface area (Å²) < 4.78 is 0. The first-order valence-corrected chi connectivity index (χ1v) is 8.07. The van der Waals surface area contributed by atoms with E-state index in [1.807, 2.05) is 20.8 Å². The number of amides is 2. The number of hydrogen-bond acceptors (Lipinski definition) is 3. The van der Waals surface area contributed by atoms with E-state index in [0.717, 1.165) is 25.7 Å². The van der Waals surface area contributed by atoms with E-state index in [0.29, 0.717) is 18.8 Å². The number of carbonyl (C=O) groups is 2. The second-order valence-corrected chi connectivity index (χ2v) is 7.12. The van der Waals surface area contributed by atoms with Gasteiger partial charge in [0.05, 0.1) is 18.7 Å². The molecule has 6 heteroatoms. The average molecular weight is 311 g/mol. The van der Waals surface area contributed by atoms with Crippen LogP contribution in [0.4, 0.5) is 4.79 Å². The van der Waals surface area contributed by atoms with Crippen LogP contribution in [0.25, 0.3) is 0 Å². The molecule has 0 bridgehead atoms. The zero-order valence-electron chi connectivity index (χ0n) is 14.3. The fraction of sp³-hybridized carbons (Fsp3) is 0.812. The van der Waals surface area contributed by atoms with Crippen LogP contribution in [-0.2, 0) is 4.79 Å². The van der Waals surface area contributed by atoms with Gasteiger partial charge in [-0.2, -0.15) is 5.10 Å². The Morgan fingerprint density at radius 2 is 2.00 bits per heavy atom. The Morgan fingerprint density at radius 1 is 1.32 bits per heavy atom. The Balaban J connectivity index is 2.56. The summed E-state index contributed by atoms with van der Waals surface area (Å²) in [4.78, 5) is 24.6. The maximum Gasteiger partial charge on any atom is 0.407 e. The molecule has 0 unspecified atom stereocenters. The first-order valence-electron chi connectivity index (χ1n) is 8.07. The van der Waals surface area contributed by atoms with Gasteiger partial charge in [-0.15, -0.1) is 0 Å². The first-order chi connectivity index (χ1) is 10.2. The third-order valence-electron chi connectivity index (χ3n) is 3.44. The second-order valence-electron chi connectivity index (χ2n) is 7.12. The topological polar surface area (TPSA) is 73.2 Å². The van der Waals surface area contributed by atoms with Gasteiger partial charge in [-0.05, 0) is 11.8 Å². The molecule has 1 aliphatic rings. The highest BCUT2D eigenvalue weighted by atomic mass is 16.4. The third kappa shape index (κ3) is 6.45. The molecule has 0 aromatic heterocycles. The van der Waals surface area contributed by atoms with E-state index in [4.69, 9.17) is 0 Å². The van der Waals surface area contributed by atoms with Gasteiger partial charge in [-0.3, -0.25) is 4.79 Å². The number of rotatable bonds is 8.